The van der Waals surface area contributed by atoms with E-state index >= 15 is 0 Å². The molecule has 23 heavy (non-hydrogen) atoms. The molecule has 132 valence electrons. The summed E-state index contributed by atoms with van der Waals surface area (Å²) in [7, 11) is 1.65. The van der Waals surface area contributed by atoms with Crippen LogP contribution in [-0.4, -0.2) is 36.2 Å². The molecule has 0 aromatic heterocycles. The lowest BCUT2D eigenvalue weighted by molar-refractivity contribution is -0.117. The Morgan fingerprint density at radius 3 is 2.65 bits per heavy atom. The summed E-state index contributed by atoms with van der Waals surface area (Å²) in [4.78, 5) is 17.9. The molecule has 1 rings (SSSR count). The molecule has 4 nitrogen and oxygen atoms in total. The maximum atomic E-state index is 12.7. The van der Waals surface area contributed by atoms with E-state index in [2.05, 4.69) is 25.9 Å². The zero-order chi connectivity index (χ0) is 17.2. The predicted molar refractivity (Wildman–Crippen MR) is 97.9 cm³/mol. The Balaban J connectivity index is 2.96. The number of ketones is 1. The quantitative estimate of drug-likeness (QED) is 0.431. The molecule has 0 amide bonds. The smallest absolute Gasteiger partial charge is 0.168 e. The number of carbonyl (C=O) groups is 1. The Morgan fingerprint density at radius 1 is 1.35 bits per heavy atom. The molecule has 0 unspecified atom stereocenters. The van der Waals surface area contributed by atoms with Crippen LogP contribution < -0.4 is 0 Å². The third-order valence-electron chi connectivity index (χ3n) is 3.95. The second kappa shape index (κ2) is 10.7. The molecule has 0 saturated heterocycles. The number of rotatable bonds is 10. The molecule has 2 atom stereocenters. The van der Waals surface area contributed by atoms with Crippen LogP contribution in [0.25, 0.3) is 0 Å². The Bertz CT molecular complexity index is 446. The first kappa shape index (κ1) is 20.1. The summed E-state index contributed by atoms with van der Waals surface area (Å²) in [6, 6.07) is 0. The number of oxime groups is 1. The number of allylic oxidation sites excluding steroid dienone is 2. The fourth-order valence-electron chi connectivity index (χ4n) is 3.05. The summed E-state index contributed by atoms with van der Waals surface area (Å²) in [6.07, 6.45) is 4.12. The highest BCUT2D eigenvalue weighted by molar-refractivity contribution is 7.99. The molecule has 0 bridgehead atoms. The second-order valence-electron chi connectivity index (χ2n) is 5.91. The maximum Gasteiger partial charge on any atom is 0.168 e. The van der Waals surface area contributed by atoms with Gasteiger partial charge in [-0.1, -0.05) is 32.3 Å². The molecular formula is C18H31NO3S. The van der Waals surface area contributed by atoms with Gasteiger partial charge in [0.25, 0.3) is 0 Å². The van der Waals surface area contributed by atoms with Crippen LogP contribution in [0.4, 0.5) is 0 Å². The first-order chi connectivity index (χ1) is 11.1. The zero-order valence-corrected chi connectivity index (χ0v) is 16.0. The molecular weight excluding hydrogens is 310 g/mol. The van der Waals surface area contributed by atoms with Crippen molar-refractivity contribution in [1.29, 1.82) is 0 Å². The van der Waals surface area contributed by atoms with E-state index in [4.69, 9.17) is 9.57 Å². The molecule has 0 heterocycles. The van der Waals surface area contributed by atoms with Gasteiger partial charge in [0.1, 0.15) is 12.4 Å². The van der Waals surface area contributed by atoms with Gasteiger partial charge in [-0.05, 0) is 31.4 Å². The lowest BCUT2D eigenvalue weighted by atomic mass is 9.82. The Hall–Kier alpha value is -0.970. The lowest BCUT2D eigenvalue weighted by Gasteiger charge is -2.27. The average Bonchev–Trinajstić information content (AvgIpc) is 2.51. The average molecular weight is 342 g/mol. The summed E-state index contributed by atoms with van der Waals surface area (Å²) < 4.78 is 5.57. The van der Waals surface area contributed by atoms with E-state index in [-0.39, 0.29) is 5.78 Å². The van der Waals surface area contributed by atoms with Gasteiger partial charge in [-0.25, -0.2) is 0 Å². The van der Waals surface area contributed by atoms with Crippen LogP contribution in [0.1, 0.15) is 59.8 Å². The summed E-state index contributed by atoms with van der Waals surface area (Å²) in [5.74, 6) is 2.41. The van der Waals surface area contributed by atoms with Gasteiger partial charge in [0.05, 0.1) is 18.4 Å². The molecule has 0 aromatic carbocycles. The minimum absolute atomic E-state index is 0.152. The van der Waals surface area contributed by atoms with E-state index in [0.717, 1.165) is 42.9 Å². The molecule has 0 saturated carbocycles. The normalized spacial score (nSPS) is 20.7. The van der Waals surface area contributed by atoms with Crippen molar-refractivity contribution in [2.24, 2.45) is 11.1 Å². The third-order valence-corrected chi connectivity index (χ3v) is 5.04. The van der Waals surface area contributed by atoms with Crippen molar-refractivity contribution in [2.45, 2.75) is 65.0 Å². The van der Waals surface area contributed by atoms with E-state index in [1.807, 2.05) is 18.7 Å². The standard InChI is InChI=1S/C18H31NO3S/c1-6-9-15(19-22-7-2)18-16(20)11-14(12-17(18)21-5)10-13(4)23-8-3/h13-14H,6-12H2,1-5H3/b19-15-/t13-,14-/m1/s1. The highest BCUT2D eigenvalue weighted by Gasteiger charge is 2.32. The number of carbonyl (C=O) groups excluding carboxylic acids is 1. The minimum Gasteiger partial charge on any atom is -0.500 e. The molecule has 0 aliphatic heterocycles. The van der Waals surface area contributed by atoms with Crippen molar-refractivity contribution >= 4 is 23.3 Å². The predicted octanol–water partition coefficient (Wildman–Crippen LogP) is 4.59. The Labute approximate surface area is 145 Å². The minimum atomic E-state index is 0.152. The van der Waals surface area contributed by atoms with Gasteiger partial charge in [0, 0.05) is 18.1 Å². The van der Waals surface area contributed by atoms with E-state index in [1.54, 1.807) is 7.11 Å². The van der Waals surface area contributed by atoms with Crippen LogP contribution in [0.5, 0.6) is 0 Å². The number of hydrogen-bond donors (Lipinski definition) is 0. The Morgan fingerprint density at radius 2 is 2.09 bits per heavy atom. The highest BCUT2D eigenvalue weighted by Crippen LogP contribution is 2.34. The topological polar surface area (TPSA) is 47.9 Å². The Kier molecular flexibility index (Phi) is 9.37. The number of Topliss-reactive ketones (excluding diaryl/α,β-unsaturated/α-hetero) is 1. The van der Waals surface area contributed by atoms with Crippen molar-refractivity contribution in [3.05, 3.63) is 11.3 Å². The largest absolute Gasteiger partial charge is 0.500 e. The highest BCUT2D eigenvalue weighted by atomic mass is 32.2. The van der Waals surface area contributed by atoms with E-state index < -0.39 is 0 Å². The van der Waals surface area contributed by atoms with Crippen molar-refractivity contribution in [3.8, 4) is 0 Å². The lowest BCUT2D eigenvalue weighted by Crippen LogP contribution is -2.26. The van der Waals surface area contributed by atoms with Crippen molar-refractivity contribution < 1.29 is 14.4 Å². The summed E-state index contributed by atoms with van der Waals surface area (Å²) in [5.41, 5.74) is 1.40. The van der Waals surface area contributed by atoms with Gasteiger partial charge >= 0.3 is 0 Å². The van der Waals surface area contributed by atoms with Crippen molar-refractivity contribution in [1.82, 2.24) is 0 Å². The fourth-order valence-corrected chi connectivity index (χ4v) is 4.02. The first-order valence-corrected chi connectivity index (χ1v) is 9.73. The summed E-state index contributed by atoms with van der Waals surface area (Å²) >= 11 is 1.95. The summed E-state index contributed by atoms with van der Waals surface area (Å²) in [6.45, 7) is 8.89. The number of hydrogen-bond acceptors (Lipinski definition) is 5. The van der Waals surface area contributed by atoms with E-state index in [9.17, 15) is 4.79 Å². The van der Waals surface area contributed by atoms with Crippen molar-refractivity contribution in [2.75, 3.05) is 19.5 Å². The van der Waals surface area contributed by atoms with E-state index in [0.29, 0.717) is 29.8 Å². The van der Waals surface area contributed by atoms with Crippen LogP contribution in [0.15, 0.2) is 16.5 Å². The first-order valence-electron chi connectivity index (χ1n) is 8.68. The third kappa shape index (κ3) is 6.21. The van der Waals surface area contributed by atoms with E-state index in [1.165, 1.54) is 0 Å². The number of thioether (sulfide) groups is 1. The number of ether oxygens (including phenoxy) is 1. The molecule has 1 aliphatic rings. The van der Waals surface area contributed by atoms with Crippen molar-refractivity contribution in [3.63, 3.8) is 0 Å². The fraction of sp³-hybridized carbons (Fsp3) is 0.778. The molecule has 5 heteroatoms. The second-order valence-corrected chi connectivity index (χ2v) is 7.62. The molecule has 0 radical (unpaired) electrons. The summed E-state index contributed by atoms with van der Waals surface area (Å²) in [5, 5.41) is 4.75. The molecule has 0 spiro atoms. The molecule has 0 aromatic rings. The maximum absolute atomic E-state index is 12.7. The van der Waals surface area contributed by atoms with Gasteiger partial charge in [-0.2, -0.15) is 11.8 Å². The van der Waals surface area contributed by atoms with Crippen LogP contribution in [0.3, 0.4) is 0 Å². The monoisotopic (exact) mass is 341 g/mol. The van der Waals surface area contributed by atoms with Gasteiger partial charge in [0.2, 0.25) is 0 Å². The van der Waals surface area contributed by atoms with Gasteiger partial charge in [-0.3, -0.25) is 4.79 Å². The molecule has 1 aliphatic carbocycles. The van der Waals surface area contributed by atoms with Gasteiger partial charge in [-0.15, -0.1) is 0 Å². The van der Waals surface area contributed by atoms with Crippen LogP contribution in [0, 0.1) is 5.92 Å². The SMILES string of the molecule is CCC/C(=N/OCC)C1=C(OC)C[C@H](C[C@@H](C)SCC)CC1=O. The zero-order valence-electron chi connectivity index (χ0n) is 15.2. The number of nitrogens with zero attached hydrogens (tertiary/aromatic N) is 1. The van der Waals surface area contributed by atoms with Crippen LogP contribution in [0.2, 0.25) is 0 Å². The molecule has 0 N–H and O–H groups in total. The van der Waals surface area contributed by atoms with Gasteiger partial charge in [0.15, 0.2) is 5.78 Å². The van der Waals surface area contributed by atoms with Crippen LogP contribution >= 0.6 is 11.8 Å². The van der Waals surface area contributed by atoms with Gasteiger partial charge < -0.3 is 9.57 Å². The molecule has 0 fully saturated rings. The number of methoxy groups -OCH3 is 1. The van der Waals surface area contributed by atoms with Crippen LogP contribution in [-0.2, 0) is 14.4 Å².